The molecule has 0 aliphatic carbocycles. The molecule has 0 aliphatic heterocycles. The van der Waals surface area contributed by atoms with E-state index < -0.39 is 0 Å². The molecule has 1 rings (SSSR count). The third-order valence-corrected chi connectivity index (χ3v) is 2.84. The normalized spacial score (nSPS) is 9.92. The van der Waals surface area contributed by atoms with Crippen LogP contribution in [0.1, 0.15) is 16.7 Å². The second-order valence-corrected chi connectivity index (χ2v) is 3.72. The molecular formula is C11H14S. The summed E-state index contributed by atoms with van der Waals surface area (Å²) in [7, 11) is 0. The summed E-state index contributed by atoms with van der Waals surface area (Å²) < 4.78 is 0. The first-order chi connectivity index (χ1) is 5.69. The van der Waals surface area contributed by atoms with E-state index in [0.29, 0.717) is 0 Å². The summed E-state index contributed by atoms with van der Waals surface area (Å²) in [6.07, 6.45) is 4.02. The Bertz CT molecular complexity index is 300. The molecule has 0 bridgehead atoms. The monoisotopic (exact) mass is 178 g/mol. The number of hydrogen-bond donors (Lipinski definition) is 0. The van der Waals surface area contributed by atoms with Crippen LogP contribution in [-0.4, -0.2) is 6.26 Å². The molecule has 0 spiro atoms. The van der Waals surface area contributed by atoms with Crippen molar-refractivity contribution >= 4 is 17.8 Å². The van der Waals surface area contributed by atoms with Gasteiger partial charge in [-0.2, -0.15) is 0 Å². The number of benzene rings is 1. The SMILES string of the molecule is C=Cc1cc(C)cc(C)c1SC. The van der Waals surface area contributed by atoms with Crippen LogP contribution < -0.4 is 0 Å². The van der Waals surface area contributed by atoms with Gasteiger partial charge in [0.2, 0.25) is 0 Å². The molecule has 0 saturated carbocycles. The Balaban J connectivity index is 3.33. The van der Waals surface area contributed by atoms with Crippen molar-refractivity contribution in [3.8, 4) is 0 Å². The fraction of sp³-hybridized carbons (Fsp3) is 0.273. The Morgan fingerprint density at radius 1 is 1.33 bits per heavy atom. The van der Waals surface area contributed by atoms with Crippen LogP contribution in [-0.2, 0) is 0 Å². The highest BCUT2D eigenvalue weighted by Crippen LogP contribution is 2.26. The predicted molar refractivity (Wildman–Crippen MR) is 57.8 cm³/mol. The van der Waals surface area contributed by atoms with Gasteiger partial charge in [0.05, 0.1) is 0 Å². The highest BCUT2D eigenvalue weighted by atomic mass is 32.2. The average molecular weight is 178 g/mol. The van der Waals surface area contributed by atoms with Crippen LogP contribution in [0.15, 0.2) is 23.6 Å². The van der Waals surface area contributed by atoms with Gasteiger partial charge in [-0.3, -0.25) is 0 Å². The Morgan fingerprint density at radius 3 is 2.50 bits per heavy atom. The van der Waals surface area contributed by atoms with Gasteiger partial charge in [-0.25, -0.2) is 0 Å². The molecule has 1 aromatic rings. The van der Waals surface area contributed by atoms with Gasteiger partial charge in [-0.05, 0) is 31.2 Å². The summed E-state index contributed by atoms with van der Waals surface area (Å²) in [6, 6.07) is 4.38. The lowest BCUT2D eigenvalue weighted by atomic mass is 10.1. The fourth-order valence-corrected chi connectivity index (χ4v) is 2.18. The number of hydrogen-bond acceptors (Lipinski definition) is 1. The van der Waals surface area contributed by atoms with Crippen molar-refractivity contribution in [2.24, 2.45) is 0 Å². The largest absolute Gasteiger partial charge is 0.129 e. The van der Waals surface area contributed by atoms with Gasteiger partial charge >= 0.3 is 0 Å². The molecule has 0 aromatic heterocycles. The van der Waals surface area contributed by atoms with Gasteiger partial charge < -0.3 is 0 Å². The molecule has 0 nitrogen and oxygen atoms in total. The van der Waals surface area contributed by atoms with E-state index in [9.17, 15) is 0 Å². The maximum Gasteiger partial charge on any atom is 0.0171 e. The van der Waals surface area contributed by atoms with Gasteiger partial charge in [0.1, 0.15) is 0 Å². The number of thioether (sulfide) groups is 1. The minimum Gasteiger partial charge on any atom is -0.129 e. The van der Waals surface area contributed by atoms with E-state index in [2.05, 4.69) is 38.8 Å². The highest BCUT2D eigenvalue weighted by molar-refractivity contribution is 7.98. The van der Waals surface area contributed by atoms with Crippen LogP contribution in [0, 0.1) is 13.8 Å². The lowest BCUT2D eigenvalue weighted by Crippen LogP contribution is -1.86. The Hall–Kier alpha value is -0.690. The number of aryl methyl sites for hydroxylation is 2. The van der Waals surface area contributed by atoms with E-state index in [-0.39, 0.29) is 0 Å². The lowest BCUT2D eigenvalue weighted by Gasteiger charge is -2.08. The van der Waals surface area contributed by atoms with Gasteiger partial charge in [0, 0.05) is 4.90 Å². The number of rotatable bonds is 2. The van der Waals surface area contributed by atoms with Crippen molar-refractivity contribution in [1.82, 2.24) is 0 Å². The third-order valence-electron chi connectivity index (χ3n) is 1.87. The van der Waals surface area contributed by atoms with Gasteiger partial charge in [0.25, 0.3) is 0 Å². The third kappa shape index (κ3) is 1.72. The Kier molecular flexibility index (Phi) is 2.99. The molecule has 0 fully saturated rings. The molecule has 0 amide bonds. The lowest BCUT2D eigenvalue weighted by molar-refractivity contribution is 1.25. The summed E-state index contributed by atoms with van der Waals surface area (Å²) in [5.41, 5.74) is 3.90. The summed E-state index contributed by atoms with van der Waals surface area (Å²) >= 11 is 1.78. The fourth-order valence-electron chi connectivity index (χ4n) is 1.42. The van der Waals surface area contributed by atoms with Crippen LogP contribution in [0.4, 0.5) is 0 Å². The minimum absolute atomic E-state index is 1.25. The quantitative estimate of drug-likeness (QED) is 0.623. The summed E-state index contributed by atoms with van der Waals surface area (Å²) in [4.78, 5) is 1.34. The molecule has 1 heteroatoms. The summed E-state index contributed by atoms with van der Waals surface area (Å²) in [5, 5.41) is 0. The predicted octanol–water partition coefficient (Wildman–Crippen LogP) is 3.67. The standard InChI is InChI=1S/C11H14S/c1-5-10-7-8(2)6-9(3)11(10)12-4/h5-7H,1H2,2-4H3. The van der Waals surface area contributed by atoms with Crippen LogP contribution in [0.5, 0.6) is 0 Å². The summed E-state index contributed by atoms with van der Waals surface area (Å²) in [5.74, 6) is 0. The molecule has 12 heavy (non-hydrogen) atoms. The molecule has 0 N–H and O–H groups in total. The first-order valence-corrected chi connectivity index (χ1v) is 5.19. The minimum atomic E-state index is 1.25. The maximum absolute atomic E-state index is 3.81. The zero-order valence-electron chi connectivity index (χ0n) is 7.85. The maximum atomic E-state index is 3.81. The zero-order valence-corrected chi connectivity index (χ0v) is 8.66. The van der Waals surface area contributed by atoms with Crippen LogP contribution >= 0.6 is 11.8 Å². The second kappa shape index (κ2) is 3.81. The van der Waals surface area contributed by atoms with Gasteiger partial charge in [-0.15, -0.1) is 11.8 Å². The van der Waals surface area contributed by atoms with E-state index in [1.165, 1.54) is 21.6 Å². The van der Waals surface area contributed by atoms with Gasteiger partial charge in [0.15, 0.2) is 0 Å². The smallest absolute Gasteiger partial charge is 0.0171 e. The molecule has 0 heterocycles. The first kappa shape index (κ1) is 9.40. The van der Waals surface area contributed by atoms with Crippen molar-refractivity contribution in [3.63, 3.8) is 0 Å². The van der Waals surface area contributed by atoms with Crippen LogP contribution in [0.3, 0.4) is 0 Å². The molecule has 0 saturated heterocycles. The Morgan fingerprint density at radius 2 is 2.00 bits per heavy atom. The molecule has 1 aromatic carbocycles. The topological polar surface area (TPSA) is 0 Å². The average Bonchev–Trinajstić information content (AvgIpc) is 2.03. The molecular weight excluding hydrogens is 164 g/mol. The van der Waals surface area contributed by atoms with E-state index in [1.54, 1.807) is 11.8 Å². The van der Waals surface area contributed by atoms with E-state index >= 15 is 0 Å². The van der Waals surface area contributed by atoms with E-state index in [1.807, 2.05) is 6.08 Å². The Labute approximate surface area is 78.7 Å². The highest BCUT2D eigenvalue weighted by Gasteiger charge is 2.02. The summed E-state index contributed by atoms with van der Waals surface area (Å²) in [6.45, 7) is 8.07. The van der Waals surface area contributed by atoms with Crippen molar-refractivity contribution in [3.05, 3.63) is 35.4 Å². The molecule has 0 unspecified atom stereocenters. The van der Waals surface area contributed by atoms with Gasteiger partial charge in [-0.1, -0.05) is 30.4 Å². The molecule has 0 radical (unpaired) electrons. The zero-order chi connectivity index (χ0) is 9.14. The van der Waals surface area contributed by atoms with Crippen LogP contribution in [0.2, 0.25) is 0 Å². The van der Waals surface area contributed by atoms with E-state index in [0.717, 1.165) is 0 Å². The van der Waals surface area contributed by atoms with Crippen LogP contribution in [0.25, 0.3) is 6.08 Å². The molecule has 64 valence electrons. The first-order valence-electron chi connectivity index (χ1n) is 3.96. The second-order valence-electron chi connectivity index (χ2n) is 2.91. The van der Waals surface area contributed by atoms with Crippen molar-refractivity contribution in [2.45, 2.75) is 18.7 Å². The van der Waals surface area contributed by atoms with Crippen molar-refractivity contribution < 1.29 is 0 Å². The molecule has 0 atom stereocenters. The van der Waals surface area contributed by atoms with E-state index in [4.69, 9.17) is 0 Å². The van der Waals surface area contributed by atoms with Crippen molar-refractivity contribution in [1.29, 1.82) is 0 Å². The van der Waals surface area contributed by atoms with Crippen molar-refractivity contribution in [2.75, 3.05) is 6.26 Å². The molecule has 0 aliphatic rings.